The van der Waals surface area contributed by atoms with Crippen molar-refractivity contribution in [1.29, 1.82) is 0 Å². The van der Waals surface area contributed by atoms with Gasteiger partial charge in [0.15, 0.2) is 5.96 Å². The van der Waals surface area contributed by atoms with Gasteiger partial charge in [-0.15, -0.1) is 30.4 Å². The number of rotatable bonds is 6. The Kier molecular flexibility index (Phi) is 11.0. The predicted octanol–water partition coefficient (Wildman–Crippen LogP) is 3.05. The molecule has 2 rings (SSSR count). The van der Waals surface area contributed by atoms with Crippen LogP contribution in [0.4, 0.5) is 4.39 Å². The number of nitrogens with zero attached hydrogens (tertiary/aromatic N) is 2. The van der Waals surface area contributed by atoms with Crippen LogP contribution in [0.3, 0.4) is 0 Å². The highest BCUT2D eigenvalue weighted by Crippen LogP contribution is 2.31. The van der Waals surface area contributed by atoms with Crippen molar-refractivity contribution >= 4 is 41.5 Å². The summed E-state index contributed by atoms with van der Waals surface area (Å²) in [5, 5.41) is 6.60. The summed E-state index contributed by atoms with van der Waals surface area (Å²) < 4.78 is 20.2. The lowest BCUT2D eigenvalue weighted by molar-refractivity contribution is -0.0336. The topological polar surface area (TPSA) is 48.9 Å². The van der Waals surface area contributed by atoms with Crippen LogP contribution in [0.2, 0.25) is 5.02 Å². The van der Waals surface area contributed by atoms with Gasteiger partial charge in [0.2, 0.25) is 0 Å². The molecule has 0 aromatic heterocycles. The molecule has 2 atom stereocenters. The first kappa shape index (κ1) is 24.0. The largest absolute Gasteiger partial charge is 0.376 e. The van der Waals surface area contributed by atoms with Gasteiger partial charge in [-0.05, 0) is 26.0 Å². The van der Waals surface area contributed by atoms with Crippen LogP contribution in [-0.4, -0.2) is 56.3 Å². The highest BCUT2D eigenvalue weighted by Gasteiger charge is 2.29. The summed E-state index contributed by atoms with van der Waals surface area (Å²) in [6, 6.07) is 4.48. The molecule has 1 fully saturated rings. The highest BCUT2D eigenvalue weighted by molar-refractivity contribution is 14.0. The third-order valence-electron chi connectivity index (χ3n) is 4.17. The van der Waals surface area contributed by atoms with Crippen LogP contribution in [0, 0.1) is 18.2 Å². The molecule has 0 aliphatic carbocycles. The molecule has 1 heterocycles. The van der Waals surface area contributed by atoms with E-state index in [0.29, 0.717) is 55.9 Å². The average molecular weight is 509 g/mol. The number of hydrogen-bond donors (Lipinski definition) is 2. The van der Waals surface area contributed by atoms with E-state index < -0.39 is 0 Å². The summed E-state index contributed by atoms with van der Waals surface area (Å²) in [4.78, 5) is 6.77. The summed E-state index contributed by atoms with van der Waals surface area (Å²) in [5.74, 6) is 2.80. The molecule has 0 bridgehead atoms. The Hall–Kier alpha value is -1.08. The number of morpholine rings is 1. The molecule has 150 valence electrons. The number of nitrogens with one attached hydrogen (secondary N) is 2. The predicted molar refractivity (Wildman–Crippen MR) is 119 cm³/mol. The smallest absolute Gasteiger partial charge is 0.192 e. The second-order valence-corrected chi connectivity index (χ2v) is 6.51. The molecular weight excluding hydrogens is 482 g/mol. The standard InChI is InChI=1S/C19H26ClFN4O.HI/c1-4-9-23-19(22-5-2)24-12-17(25-10-11-26-14(3)13-25)18-15(20)7-6-8-16(18)21;/h1,6-8,14,17H,5,9-13H2,2-3H3,(H2,22,23,24);1H. The zero-order chi connectivity index (χ0) is 18.9. The van der Waals surface area contributed by atoms with E-state index in [2.05, 4.69) is 26.4 Å². The van der Waals surface area contributed by atoms with Crippen molar-refractivity contribution in [3.8, 4) is 12.3 Å². The third-order valence-corrected chi connectivity index (χ3v) is 4.50. The van der Waals surface area contributed by atoms with Crippen molar-refractivity contribution in [2.75, 3.05) is 39.3 Å². The number of terminal acetylenes is 1. The van der Waals surface area contributed by atoms with Crippen molar-refractivity contribution in [3.63, 3.8) is 0 Å². The molecule has 1 saturated heterocycles. The molecule has 1 aliphatic heterocycles. The van der Waals surface area contributed by atoms with Gasteiger partial charge in [0, 0.05) is 30.2 Å². The zero-order valence-corrected chi connectivity index (χ0v) is 18.8. The summed E-state index contributed by atoms with van der Waals surface area (Å²) in [6.07, 6.45) is 5.38. The van der Waals surface area contributed by atoms with Gasteiger partial charge in [0.25, 0.3) is 0 Å². The zero-order valence-electron chi connectivity index (χ0n) is 15.7. The Morgan fingerprint density at radius 2 is 2.30 bits per heavy atom. The molecular formula is C19H27ClFIN4O. The molecule has 0 amide bonds. The van der Waals surface area contributed by atoms with E-state index in [9.17, 15) is 4.39 Å². The van der Waals surface area contributed by atoms with Crippen LogP contribution in [0.25, 0.3) is 0 Å². The van der Waals surface area contributed by atoms with Crippen LogP contribution in [-0.2, 0) is 4.74 Å². The Morgan fingerprint density at radius 1 is 1.52 bits per heavy atom. The second kappa shape index (κ2) is 12.4. The minimum atomic E-state index is -0.321. The van der Waals surface area contributed by atoms with E-state index in [0.717, 1.165) is 0 Å². The van der Waals surface area contributed by atoms with Crippen LogP contribution in [0.15, 0.2) is 23.2 Å². The molecule has 8 heteroatoms. The van der Waals surface area contributed by atoms with E-state index >= 15 is 0 Å². The Labute approximate surface area is 183 Å². The molecule has 1 aromatic carbocycles. The van der Waals surface area contributed by atoms with Gasteiger partial charge in [-0.25, -0.2) is 4.39 Å². The van der Waals surface area contributed by atoms with Crippen LogP contribution in [0.5, 0.6) is 0 Å². The van der Waals surface area contributed by atoms with Gasteiger partial charge in [0.1, 0.15) is 5.82 Å². The summed E-state index contributed by atoms with van der Waals surface area (Å²) in [7, 11) is 0. The lowest BCUT2D eigenvalue weighted by Crippen LogP contribution is -2.45. The van der Waals surface area contributed by atoms with E-state index in [1.807, 2.05) is 13.8 Å². The summed E-state index contributed by atoms with van der Waals surface area (Å²) in [5.41, 5.74) is 0.472. The maximum absolute atomic E-state index is 14.6. The van der Waals surface area contributed by atoms with Gasteiger partial charge in [-0.1, -0.05) is 23.6 Å². The number of halogens is 3. The molecule has 27 heavy (non-hydrogen) atoms. The third kappa shape index (κ3) is 7.11. The summed E-state index contributed by atoms with van der Waals surface area (Å²) in [6.45, 7) is 7.40. The first-order valence-corrected chi connectivity index (χ1v) is 9.19. The van der Waals surface area contributed by atoms with Gasteiger partial charge in [-0.2, -0.15) is 0 Å². The quantitative estimate of drug-likeness (QED) is 0.268. The summed E-state index contributed by atoms with van der Waals surface area (Å²) >= 11 is 6.34. The SMILES string of the molecule is C#CCNC(=NCC(c1c(F)cccc1Cl)N1CCOC(C)C1)NCC.I. The van der Waals surface area contributed by atoms with Crippen molar-refractivity contribution < 1.29 is 9.13 Å². The number of hydrogen-bond acceptors (Lipinski definition) is 3. The fourth-order valence-electron chi connectivity index (χ4n) is 3.00. The van der Waals surface area contributed by atoms with Crippen LogP contribution in [0.1, 0.15) is 25.5 Å². The Morgan fingerprint density at radius 3 is 2.93 bits per heavy atom. The minimum absolute atomic E-state index is 0. The molecule has 1 aromatic rings. The molecule has 2 unspecified atom stereocenters. The lowest BCUT2D eigenvalue weighted by Gasteiger charge is -2.37. The first-order valence-electron chi connectivity index (χ1n) is 8.82. The Balaban J connectivity index is 0.00000364. The second-order valence-electron chi connectivity index (χ2n) is 6.10. The van der Waals surface area contributed by atoms with E-state index in [-0.39, 0.29) is 41.9 Å². The monoisotopic (exact) mass is 508 g/mol. The van der Waals surface area contributed by atoms with Crippen molar-refractivity contribution in [3.05, 3.63) is 34.6 Å². The maximum atomic E-state index is 14.6. The fourth-order valence-corrected chi connectivity index (χ4v) is 3.29. The molecule has 2 N–H and O–H groups in total. The van der Waals surface area contributed by atoms with E-state index in [1.165, 1.54) is 6.07 Å². The van der Waals surface area contributed by atoms with E-state index in [1.54, 1.807) is 12.1 Å². The number of guanidine groups is 1. The Bertz CT molecular complexity index is 647. The van der Waals surface area contributed by atoms with E-state index in [4.69, 9.17) is 22.8 Å². The lowest BCUT2D eigenvalue weighted by atomic mass is 10.0. The van der Waals surface area contributed by atoms with Gasteiger partial charge in [-0.3, -0.25) is 9.89 Å². The van der Waals surface area contributed by atoms with Crippen molar-refractivity contribution in [1.82, 2.24) is 15.5 Å². The fraction of sp³-hybridized carbons (Fsp3) is 0.526. The molecule has 0 radical (unpaired) electrons. The van der Waals surface area contributed by atoms with Gasteiger partial charge in [0.05, 0.1) is 31.8 Å². The number of ether oxygens (including phenoxy) is 1. The molecule has 1 aliphatic rings. The van der Waals surface area contributed by atoms with Crippen LogP contribution >= 0.6 is 35.6 Å². The number of aliphatic imine (C=N–C) groups is 1. The normalized spacial score (nSPS) is 18.9. The van der Waals surface area contributed by atoms with Gasteiger partial charge < -0.3 is 15.4 Å². The molecule has 5 nitrogen and oxygen atoms in total. The average Bonchev–Trinajstić information content (AvgIpc) is 2.61. The van der Waals surface area contributed by atoms with Crippen molar-refractivity contribution in [2.24, 2.45) is 4.99 Å². The molecule has 0 spiro atoms. The minimum Gasteiger partial charge on any atom is -0.376 e. The first-order chi connectivity index (χ1) is 12.6. The maximum Gasteiger partial charge on any atom is 0.192 e. The van der Waals surface area contributed by atoms with Crippen molar-refractivity contribution in [2.45, 2.75) is 26.0 Å². The van der Waals surface area contributed by atoms with Crippen LogP contribution < -0.4 is 10.6 Å². The highest BCUT2D eigenvalue weighted by atomic mass is 127. The molecule has 0 saturated carbocycles. The number of benzene rings is 1. The van der Waals surface area contributed by atoms with Gasteiger partial charge >= 0.3 is 0 Å².